The first-order valence-corrected chi connectivity index (χ1v) is 9.84. The second-order valence-electron chi connectivity index (χ2n) is 8.03. The fourth-order valence-electron chi connectivity index (χ4n) is 3.84. The molecule has 0 saturated carbocycles. The van der Waals surface area contributed by atoms with E-state index in [4.69, 9.17) is 4.99 Å². The van der Waals surface area contributed by atoms with E-state index < -0.39 is 0 Å². The molecule has 0 radical (unpaired) electrons. The van der Waals surface area contributed by atoms with Crippen molar-refractivity contribution in [2.45, 2.75) is 53.4 Å². The lowest BCUT2D eigenvalue weighted by molar-refractivity contribution is 0.161. The second-order valence-corrected chi connectivity index (χ2v) is 8.03. The number of nitrogens with one attached hydrogen (secondary N) is 1. The van der Waals surface area contributed by atoms with Crippen LogP contribution >= 0.6 is 24.0 Å². The molecule has 1 unspecified atom stereocenters. The van der Waals surface area contributed by atoms with Crippen molar-refractivity contribution in [2.75, 3.05) is 45.8 Å². The SMILES string of the molecule is CCNC(=NCC1CCCN(CC(C)C)C1)N1CCC(C)CC1.I. The van der Waals surface area contributed by atoms with Crippen molar-refractivity contribution in [3.05, 3.63) is 0 Å². The van der Waals surface area contributed by atoms with E-state index in [9.17, 15) is 0 Å². The molecule has 2 saturated heterocycles. The third-order valence-electron chi connectivity index (χ3n) is 5.14. The molecule has 0 amide bonds. The maximum Gasteiger partial charge on any atom is 0.193 e. The van der Waals surface area contributed by atoms with Gasteiger partial charge in [-0.25, -0.2) is 0 Å². The summed E-state index contributed by atoms with van der Waals surface area (Å²) in [5.74, 6) is 3.53. The molecule has 2 heterocycles. The largest absolute Gasteiger partial charge is 0.357 e. The summed E-state index contributed by atoms with van der Waals surface area (Å²) < 4.78 is 0. The van der Waals surface area contributed by atoms with Gasteiger partial charge < -0.3 is 15.1 Å². The second kappa shape index (κ2) is 11.6. The fourth-order valence-corrected chi connectivity index (χ4v) is 3.84. The third-order valence-corrected chi connectivity index (χ3v) is 5.14. The summed E-state index contributed by atoms with van der Waals surface area (Å²) in [6.07, 6.45) is 5.28. The number of aliphatic imine (C=N–C) groups is 1. The van der Waals surface area contributed by atoms with Crippen LogP contribution in [-0.2, 0) is 0 Å². The lowest BCUT2D eigenvalue weighted by Crippen LogP contribution is -2.46. The standard InChI is InChI=1S/C19H38N4.HI/c1-5-20-19(23-11-8-17(4)9-12-23)21-13-18-7-6-10-22(15-18)14-16(2)3;/h16-18H,5-15H2,1-4H3,(H,20,21);1H. The van der Waals surface area contributed by atoms with Crippen LogP contribution in [-0.4, -0.2) is 61.6 Å². The molecule has 5 heteroatoms. The maximum atomic E-state index is 5.00. The topological polar surface area (TPSA) is 30.9 Å². The number of nitrogens with zero attached hydrogens (tertiary/aromatic N) is 3. The van der Waals surface area contributed by atoms with Crippen LogP contribution in [0.25, 0.3) is 0 Å². The molecule has 0 bridgehead atoms. The number of hydrogen-bond acceptors (Lipinski definition) is 2. The van der Waals surface area contributed by atoms with Crippen LogP contribution in [0, 0.1) is 17.8 Å². The van der Waals surface area contributed by atoms with Crippen LogP contribution in [0.5, 0.6) is 0 Å². The van der Waals surface area contributed by atoms with Gasteiger partial charge in [0.2, 0.25) is 0 Å². The number of guanidine groups is 1. The van der Waals surface area contributed by atoms with Crippen molar-refractivity contribution < 1.29 is 0 Å². The zero-order valence-electron chi connectivity index (χ0n) is 16.3. The Labute approximate surface area is 166 Å². The van der Waals surface area contributed by atoms with E-state index in [0.29, 0.717) is 0 Å². The summed E-state index contributed by atoms with van der Waals surface area (Å²) in [6, 6.07) is 0. The van der Waals surface area contributed by atoms with Gasteiger partial charge in [-0.05, 0) is 56.9 Å². The highest BCUT2D eigenvalue weighted by Crippen LogP contribution is 2.19. The minimum Gasteiger partial charge on any atom is -0.357 e. The summed E-state index contributed by atoms with van der Waals surface area (Å²) in [5.41, 5.74) is 0. The Balaban J connectivity index is 0.00000288. The molecule has 0 aromatic heterocycles. The van der Waals surface area contributed by atoms with Gasteiger partial charge in [-0.3, -0.25) is 4.99 Å². The van der Waals surface area contributed by atoms with Crippen molar-refractivity contribution in [3.8, 4) is 0 Å². The highest BCUT2D eigenvalue weighted by molar-refractivity contribution is 14.0. The van der Waals surface area contributed by atoms with Crippen LogP contribution in [0.4, 0.5) is 0 Å². The Morgan fingerprint density at radius 2 is 1.88 bits per heavy atom. The molecule has 1 N–H and O–H groups in total. The van der Waals surface area contributed by atoms with Gasteiger partial charge in [0.15, 0.2) is 5.96 Å². The van der Waals surface area contributed by atoms with Crippen molar-refractivity contribution in [1.29, 1.82) is 0 Å². The Bertz CT molecular complexity index is 364. The van der Waals surface area contributed by atoms with E-state index in [2.05, 4.69) is 42.8 Å². The number of likely N-dealkylation sites (tertiary alicyclic amines) is 2. The molecule has 0 aliphatic carbocycles. The molecule has 142 valence electrons. The first kappa shape index (κ1) is 22.0. The zero-order valence-corrected chi connectivity index (χ0v) is 18.6. The fraction of sp³-hybridized carbons (Fsp3) is 0.947. The van der Waals surface area contributed by atoms with Gasteiger partial charge in [0, 0.05) is 39.3 Å². The molecule has 4 nitrogen and oxygen atoms in total. The molecule has 1 atom stereocenters. The van der Waals surface area contributed by atoms with Crippen LogP contribution in [0.15, 0.2) is 4.99 Å². The summed E-state index contributed by atoms with van der Waals surface area (Å²) in [4.78, 5) is 10.1. The highest BCUT2D eigenvalue weighted by Gasteiger charge is 2.22. The Morgan fingerprint density at radius 1 is 1.17 bits per heavy atom. The number of halogens is 1. The third kappa shape index (κ3) is 7.46. The Morgan fingerprint density at radius 3 is 2.50 bits per heavy atom. The first-order chi connectivity index (χ1) is 11.1. The predicted molar refractivity (Wildman–Crippen MR) is 115 cm³/mol. The van der Waals surface area contributed by atoms with Gasteiger partial charge in [0.25, 0.3) is 0 Å². The van der Waals surface area contributed by atoms with E-state index in [0.717, 1.165) is 49.9 Å². The van der Waals surface area contributed by atoms with Gasteiger partial charge in [-0.15, -0.1) is 24.0 Å². The quantitative estimate of drug-likeness (QED) is 0.394. The number of hydrogen-bond donors (Lipinski definition) is 1. The summed E-state index contributed by atoms with van der Waals surface area (Å²) >= 11 is 0. The van der Waals surface area contributed by atoms with Gasteiger partial charge >= 0.3 is 0 Å². The van der Waals surface area contributed by atoms with Gasteiger partial charge in [0.1, 0.15) is 0 Å². The number of rotatable bonds is 5. The summed E-state index contributed by atoms with van der Waals surface area (Å²) in [5, 5.41) is 3.51. The van der Waals surface area contributed by atoms with Crippen LogP contribution in [0.2, 0.25) is 0 Å². The minimum absolute atomic E-state index is 0. The van der Waals surface area contributed by atoms with Crippen molar-refractivity contribution in [2.24, 2.45) is 22.7 Å². The minimum atomic E-state index is 0. The Kier molecular flexibility index (Phi) is 10.6. The molecule has 24 heavy (non-hydrogen) atoms. The van der Waals surface area contributed by atoms with E-state index in [1.54, 1.807) is 0 Å². The molecule has 2 aliphatic heterocycles. The van der Waals surface area contributed by atoms with Crippen LogP contribution in [0.3, 0.4) is 0 Å². The van der Waals surface area contributed by atoms with E-state index in [1.165, 1.54) is 45.3 Å². The number of piperidine rings is 2. The van der Waals surface area contributed by atoms with Crippen molar-refractivity contribution in [3.63, 3.8) is 0 Å². The van der Waals surface area contributed by atoms with Gasteiger partial charge in [0.05, 0.1) is 0 Å². The molecule has 2 aliphatic rings. The predicted octanol–water partition coefficient (Wildman–Crippen LogP) is 3.67. The average molecular weight is 450 g/mol. The Hall–Kier alpha value is -0.0400. The maximum absolute atomic E-state index is 5.00. The summed E-state index contributed by atoms with van der Waals surface area (Å²) in [7, 11) is 0. The smallest absolute Gasteiger partial charge is 0.193 e. The van der Waals surface area contributed by atoms with Gasteiger partial charge in [-0.2, -0.15) is 0 Å². The molecule has 0 aromatic rings. The molecular formula is C19H39IN4. The molecular weight excluding hydrogens is 411 g/mol. The molecule has 0 spiro atoms. The zero-order chi connectivity index (χ0) is 16.7. The van der Waals surface area contributed by atoms with Gasteiger partial charge in [-0.1, -0.05) is 20.8 Å². The van der Waals surface area contributed by atoms with Crippen LogP contribution < -0.4 is 5.32 Å². The lowest BCUT2D eigenvalue weighted by atomic mass is 9.97. The molecule has 0 aromatic carbocycles. The van der Waals surface area contributed by atoms with E-state index in [-0.39, 0.29) is 24.0 Å². The summed E-state index contributed by atoms with van der Waals surface area (Å²) in [6.45, 7) is 17.2. The average Bonchev–Trinajstić information content (AvgIpc) is 2.52. The molecule has 2 rings (SSSR count). The van der Waals surface area contributed by atoms with E-state index in [1.807, 2.05) is 0 Å². The van der Waals surface area contributed by atoms with Crippen LogP contribution in [0.1, 0.15) is 53.4 Å². The monoisotopic (exact) mass is 450 g/mol. The highest BCUT2D eigenvalue weighted by atomic mass is 127. The normalized spacial score (nSPS) is 24.1. The first-order valence-electron chi connectivity index (χ1n) is 9.84. The van der Waals surface area contributed by atoms with Crippen molar-refractivity contribution in [1.82, 2.24) is 15.1 Å². The van der Waals surface area contributed by atoms with Crippen molar-refractivity contribution >= 4 is 29.9 Å². The lowest BCUT2D eigenvalue weighted by Gasteiger charge is -2.35. The molecule has 2 fully saturated rings. The van der Waals surface area contributed by atoms with E-state index >= 15 is 0 Å².